The number of benzene rings is 1. The molecule has 0 amide bonds. The van der Waals surface area contributed by atoms with Gasteiger partial charge in [0.15, 0.2) is 0 Å². The molecule has 0 aromatic heterocycles. The largest absolute Gasteiger partial charge is 0.497 e. The van der Waals surface area contributed by atoms with Gasteiger partial charge in [-0.1, -0.05) is 0 Å². The first kappa shape index (κ1) is 13.8. The minimum Gasteiger partial charge on any atom is -0.497 e. The van der Waals surface area contributed by atoms with Crippen LogP contribution in [0, 0.1) is 0 Å². The van der Waals surface area contributed by atoms with Crippen LogP contribution in [0.5, 0.6) is 11.5 Å². The van der Waals surface area contributed by atoms with Crippen LogP contribution in [-0.4, -0.2) is 49.7 Å². The van der Waals surface area contributed by atoms with E-state index >= 15 is 0 Å². The molecule has 0 fully saturated rings. The van der Waals surface area contributed by atoms with E-state index in [0.717, 1.165) is 11.5 Å². The van der Waals surface area contributed by atoms with Gasteiger partial charge in [-0.2, -0.15) is 0 Å². The molecule has 1 unspecified atom stereocenters. The average Bonchev–Trinajstić information content (AvgIpc) is 2.38. The fraction of sp³-hybridized carbons (Fsp3) is 0.500. The quantitative estimate of drug-likeness (QED) is 0.560. The van der Waals surface area contributed by atoms with Gasteiger partial charge in [0.25, 0.3) is 0 Å². The summed E-state index contributed by atoms with van der Waals surface area (Å²) in [6, 6.07) is 7.33. The van der Waals surface area contributed by atoms with Gasteiger partial charge in [-0.3, -0.25) is 0 Å². The van der Waals surface area contributed by atoms with E-state index in [0.29, 0.717) is 19.7 Å². The standard InChI is InChI=1S/C12H19NO4/c1-16-11-2-4-12(5-3-11)17-7-6-13-8-10(15)9-14/h2-5,10,13-15H,6-9H2,1H3. The van der Waals surface area contributed by atoms with Gasteiger partial charge in [0.05, 0.1) is 19.8 Å². The van der Waals surface area contributed by atoms with Crippen LogP contribution in [0.4, 0.5) is 0 Å². The van der Waals surface area contributed by atoms with E-state index in [-0.39, 0.29) is 6.61 Å². The molecule has 3 N–H and O–H groups in total. The molecule has 0 aliphatic rings. The topological polar surface area (TPSA) is 71.0 Å². The third-order valence-electron chi connectivity index (χ3n) is 2.20. The lowest BCUT2D eigenvalue weighted by atomic mass is 10.3. The minimum absolute atomic E-state index is 0.230. The molecular formula is C12H19NO4. The lowest BCUT2D eigenvalue weighted by Crippen LogP contribution is -2.32. The van der Waals surface area contributed by atoms with Gasteiger partial charge in [0.2, 0.25) is 0 Å². The number of rotatable bonds is 8. The molecule has 1 atom stereocenters. The van der Waals surface area contributed by atoms with Gasteiger partial charge < -0.3 is 25.0 Å². The summed E-state index contributed by atoms with van der Waals surface area (Å²) < 4.78 is 10.5. The second kappa shape index (κ2) is 7.89. The first-order valence-corrected chi connectivity index (χ1v) is 5.52. The molecule has 0 bridgehead atoms. The molecule has 1 aromatic carbocycles. The molecule has 0 aliphatic heterocycles. The van der Waals surface area contributed by atoms with E-state index < -0.39 is 6.10 Å². The highest BCUT2D eigenvalue weighted by Gasteiger charge is 2.00. The number of hydrogen-bond acceptors (Lipinski definition) is 5. The Morgan fingerprint density at radius 1 is 1.24 bits per heavy atom. The summed E-state index contributed by atoms with van der Waals surface area (Å²) in [6.45, 7) is 1.25. The summed E-state index contributed by atoms with van der Waals surface area (Å²) in [6.07, 6.45) is -0.712. The molecular weight excluding hydrogens is 222 g/mol. The van der Waals surface area contributed by atoms with Crippen LogP contribution in [0.3, 0.4) is 0 Å². The van der Waals surface area contributed by atoms with Crippen LogP contribution in [0.1, 0.15) is 0 Å². The first-order valence-electron chi connectivity index (χ1n) is 5.52. The van der Waals surface area contributed by atoms with Gasteiger partial charge in [-0.25, -0.2) is 0 Å². The van der Waals surface area contributed by atoms with Crippen molar-refractivity contribution in [3.8, 4) is 11.5 Å². The van der Waals surface area contributed by atoms with Crippen molar-refractivity contribution in [2.24, 2.45) is 0 Å². The van der Waals surface area contributed by atoms with Crippen molar-refractivity contribution in [2.45, 2.75) is 6.10 Å². The van der Waals surface area contributed by atoms with Gasteiger partial charge >= 0.3 is 0 Å². The molecule has 1 aromatic rings. The summed E-state index contributed by atoms with van der Waals surface area (Å²) in [5.41, 5.74) is 0. The zero-order valence-electron chi connectivity index (χ0n) is 9.93. The van der Waals surface area contributed by atoms with Crippen molar-refractivity contribution in [3.63, 3.8) is 0 Å². The molecule has 0 radical (unpaired) electrons. The van der Waals surface area contributed by atoms with Gasteiger partial charge in [-0.05, 0) is 24.3 Å². The Morgan fingerprint density at radius 3 is 2.47 bits per heavy atom. The van der Waals surface area contributed by atoms with Crippen molar-refractivity contribution in [1.29, 1.82) is 0 Å². The molecule has 96 valence electrons. The Hall–Kier alpha value is -1.30. The number of aliphatic hydroxyl groups is 2. The molecule has 0 saturated carbocycles. The van der Waals surface area contributed by atoms with E-state index in [4.69, 9.17) is 19.7 Å². The Labute approximate surface area is 101 Å². The molecule has 17 heavy (non-hydrogen) atoms. The normalized spacial score (nSPS) is 12.2. The first-order chi connectivity index (χ1) is 8.26. The van der Waals surface area contributed by atoms with Crippen molar-refractivity contribution in [1.82, 2.24) is 5.32 Å². The summed E-state index contributed by atoms with van der Waals surface area (Å²) in [7, 11) is 1.62. The van der Waals surface area contributed by atoms with E-state index in [1.54, 1.807) is 7.11 Å². The Balaban J connectivity index is 2.13. The Kier molecular flexibility index (Phi) is 6.39. The van der Waals surface area contributed by atoms with Gasteiger partial charge in [0, 0.05) is 13.1 Å². The zero-order valence-corrected chi connectivity index (χ0v) is 9.93. The fourth-order valence-corrected chi connectivity index (χ4v) is 1.25. The van der Waals surface area contributed by atoms with Crippen LogP contribution >= 0.6 is 0 Å². The number of aliphatic hydroxyl groups excluding tert-OH is 2. The smallest absolute Gasteiger partial charge is 0.119 e. The predicted octanol–water partition coefficient (Wildman–Crippen LogP) is 0.0168. The van der Waals surface area contributed by atoms with Crippen molar-refractivity contribution >= 4 is 0 Å². The number of methoxy groups -OCH3 is 1. The van der Waals surface area contributed by atoms with Gasteiger partial charge in [0.1, 0.15) is 18.1 Å². The third kappa shape index (κ3) is 5.53. The molecule has 5 heteroatoms. The molecule has 5 nitrogen and oxygen atoms in total. The maximum Gasteiger partial charge on any atom is 0.119 e. The SMILES string of the molecule is COc1ccc(OCCNCC(O)CO)cc1. The van der Waals surface area contributed by atoms with Crippen LogP contribution in [0.15, 0.2) is 24.3 Å². The maximum atomic E-state index is 9.06. The highest BCUT2D eigenvalue weighted by atomic mass is 16.5. The van der Waals surface area contributed by atoms with E-state index in [1.165, 1.54) is 0 Å². The second-order valence-electron chi connectivity index (χ2n) is 3.56. The summed E-state index contributed by atoms with van der Waals surface area (Å²) >= 11 is 0. The minimum atomic E-state index is -0.712. The van der Waals surface area contributed by atoms with Crippen molar-refractivity contribution in [3.05, 3.63) is 24.3 Å². The van der Waals surface area contributed by atoms with E-state index in [2.05, 4.69) is 5.32 Å². The molecule has 0 saturated heterocycles. The Bertz CT molecular complexity index is 302. The van der Waals surface area contributed by atoms with E-state index in [1.807, 2.05) is 24.3 Å². The van der Waals surface area contributed by atoms with Crippen molar-refractivity contribution in [2.75, 3.05) is 33.4 Å². The number of hydrogen-bond donors (Lipinski definition) is 3. The fourth-order valence-electron chi connectivity index (χ4n) is 1.25. The zero-order chi connectivity index (χ0) is 12.5. The molecule has 1 rings (SSSR count). The summed E-state index contributed by atoms with van der Waals surface area (Å²) in [5.74, 6) is 1.57. The lowest BCUT2D eigenvalue weighted by molar-refractivity contribution is 0.0936. The third-order valence-corrected chi connectivity index (χ3v) is 2.20. The Morgan fingerprint density at radius 2 is 1.88 bits per heavy atom. The number of ether oxygens (including phenoxy) is 2. The highest BCUT2D eigenvalue weighted by Crippen LogP contribution is 2.16. The average molecular weight is 241 g/mol. The lowest BCUT2D eigenvalue weighted by Gasteiger charge is -2.10. The predicted molar refractivity (Wildman–Crippen MR) is 64.5 cm³/mol. The highest BCUT2D eigenvalue weighted by molar-refractivity contribution is 5.31. The number of nitrogens with one attached hydrogen (secondary N) is 1. The summed E-state index contributed by atoms with van der Waals surface area (Å²) in [4.78, 5) is 0. The van der Waals surface area contributed by atoms with E-state index in [9.17, 15) is 0 Å². The van der Waals surface area contributed by atoms with Crippen LogP contribution in [-0.2, 0) is 0 Å². The maximum absolute atomic E-state index is 9.06. The van der Waals surface area contributed by atoms with Gasteiger partial charge in [-0.15, -0.1) is 0 Å². The molecule has 0 heterocycles. The second-order valence-corrected chi connectivity index (χ2v) is 3.56. The molecule has 0 aliphatic carbocycles. The summed E-state index contributed by atoms with van der Waals surface area (Å²) in [5, 5.41) is 20.6. The van der Waals surface area contributed by atoms with Crippen LogP contribution < -0.4 is 14.8 Å². The monoisotopic (exact) mass is 241 g/mol. The van der Waals surface area contributed by atoms with Crippen LogP contribution in [0.2, 0.25) is 0 Å². The van der Waals surface area contributed by atoms with Crippen molar-refractivity contribution < 1.29 is 19.7 Å². The van der Waals surface area contributed by atoms with Crippen LogP contribution in [0.25, 0.3) is 0 Å². The molecule has 0 spiro atoms.